The minimum atomic E-state index is -4.66. The van der Waals surface area contributed by atoms with Crippen molar-refractivity contribution in [1.82, 2.24) is 4.90 Å². The molecule has 0 saturated carbocycles. The lowest BCUT2D eigenvalue weighted by atomic mass is 10.1. The van der Waals surface area contributed by atoms with Crippen molar-refractivity contribution in [1.29, 1.82) is 0 Å². The molecule has 0 spiro atoms. The molecule has 19 heavy (non-hydrogen) atoms. The Morgan fingerprint density at radius 1 is 1.58 bits per heavy atom. The highest BCUT2D eigenvalue weighted by Gasteiger charge is 2.49. The van der Waals surface area contributed by atoms with Gasteiger partial charge in [0, 0.05) is 18.8 Å². The molecule has 0 bridgehead atoms. The Labute approximate surface area is 113 Å². The Bertz CT molecular complexity index is 349. The van der Waals surface area contributed by atoms with Crippen molar-refractivity contribution in [2.45, 2.75) is 32.0 Å². The molecule has 0 aromatic rings. The van der Waals surface area contributed by atoms with E-state index in [2.05, 4.69) is 4.74 Å². The molecule has 0 aromatic carbocycles. The van der Waals surface area contributed by atoms with E-state index < -0.39 is 30.5 Å². The van der Waals surface area contributed by atoms with Gasteiger partial charge in [-0.3, -0.25) is 9.59 Å². The molecule has 4 nitrogen and oxygen atoms in total. The van der Waals surface area contributed by atoms with E-state index in [0.29, 0.717) is 4.90 Å². The molecule has 110 valence electrons. The lowest BCUT2D eigenvalue weighted by molar-refractivity contribution is -0.193. The van der Waals surface area contributed by atoms with Crippen LogP contribution >= 0.6 is 11.6 Å². The molecule has 1 rings (SSSR count). The number of likely N-dealkylation sites (tertiary alicyclic amines) is 1. The fourth-order valence-electron chi connectivity index (χ4n) is 1.99. The van der Waals surface area contributed by atoms with Crippen molar-refractivity contribution in [2.75, 3.05) is 19.0 Å². The summed E-state index contributed by atoms with van der Waals surface area (Å²) < 4.78 is 43.3. The van der Waals surface area contributed by atoms with Crippen molar-refractivity contribution in [3.8, 4) is 0 Å². The average molecular weight is 302 g/mol. The molecule has 8 heteroatoms. The number of halogens is 4. The number of carbonyl (C=O) groups excluding carboxylic acids is 2. The second-order valence-corrected chi connectivity index (χ2v) is 4.65. The maximum atomic E-state index is 12.9. The summed E-state index contributed by atoms with van der Waals surface area (Å²) in [5.74, 6) is -1.78. The van der Waals surface area contributed by atoms with E-state index in [1.165, 1.54) is 6.92 Å². The second kappa shape index (κ2) is 6.45. The first kappa shape index (κ1) is 16.1. The van der Waals surface area contributed by atoms with Crippen molar-refractivity contribution in [3.63, 3.8) is 0 Å². The molecule has 0 aliphatic carbocycles. The summed E-state index contributed by atoms with van der Waals surface area (Å²) in [4.78, 5) is 23.5. The van der Waals surface area contributed by atoms with Crippen LogP contribution in [0, 0.1) is 5.92 Å². The molecule has 1 aliphatic heterocycles. The average Bonchev–Trinajstić information content (AvgIpc) is 2.66. The number of hydrogen-bond acceptors (Lipinski definition) is 3. The Hall–Kier alpha value is -0.980. The van der Waals surface area contributed by atoms with Gasteiger partial charge in [-0.15, -0.1) is 11.6 Å². The third-order valence-electron chi connectivity index (χ3n) is 2.88. The van der Waals surface area contributed by atoms with E-state index in [0.717, 1.165) is 0 Å². The van der Waals surface area contributed by atoms with Gasteiger partial charge in [0.1, 0.15) is 6.04 Å². The van der Waals surface area contributed by atoms with Gasteiger partial charge in [0.2, 0.25) is 5.91 Å². The molecule has 1 fully saturated rings. The number of hydrogen-bond donors (Lipinski definition) is 0. The van der Waals surface area contributed by atoms with Crippen LogP contribution in [0.4, 0.5) is 13.2 Å². The van der Waals surface area contributed by atoms with Crippen LogP contribution < -0.4 is 0 Å². The van der Waals surface area contributed by atoms with Gasteiger partial charge >= 0.3 is 12.1 Å². The van der Waals surface area contributed by atoms with Gasteiger partial charge in [-0.25, -0.2) is 0 Å². The number of ether oxygens (including phenoxy) is 1. The van der Waals surface area contributed by atoms with Crippen LogP contribution in [-0.2, 0) is 14.3 Å². The van der Waals surface area contributed by atoms with E-state index in [4.69, 9.17) is 11.6 Å². The zero-order valence-electron chi connectivity index (χ0n) is 10.4. The Morgan fingerprint density at radius 2 is 2.21 bits per heavy atom. The quantitative estimate of drug-likeness (QED) is 0.576. The highest BCUT2D eigenvalue weighted by atomic mass is 35.5. The normalized spacial score (nSPS) is 21.6. The van der Waals surface area contributed by atoms with Gasteiger partial charge in [0.05, 0.1) is 13.0 Å². The highest BCUT2D eigenvalue weighted by molar-refractivity contribution is 6.18. The molecule has 1 heterocycles. The van der Waals surface area contributed by atoms with E-state index in [1.54, 1.807) is 0 Å². The van der Waals surface area contributed by atoms with Crippen LogP contribution in [0.3, 0.4) is 0 Å². The molecule has 1 saturated heterocycles. The first-order chi connectivity index (χ1) is 8.79. The summed E-state index contributed by atoms with van der Waals surface area (Å²) in [5.41, 5.74) is 0. The molecule has 0 aromatic heterocycles. The number of alkyl halides is 4. The van der Waals surface area contributed by atoms with Gasteiger partial charge in [-0.05, 0) is 12.8 Å². The lowest BCUT2D eigenvalue weighted by Gasteiger charge is -2.29. The summed E-state index contributed by atoms with van der Waals surface area (Å²) in [5, 5.41) is 0. The number of carbonyl (C=O) groups is 2. The van der Waals surface area contributed by atoms with Gasteiger partial charge in [-0.2, -0.15) is 13.2 Å². The summed E-state index contributed by atoms with van der Waals surface area (Å²) in [6, 6.07) is -2.13. The third kappa shape index (κ3) is 4.26. The number of esters is 1. The van der Waals surface area contributed by atoms with Crippen molar-refractivity contribution >= 4 is 23.5 Å². The predicted molar refractivity (Wildman–Crippen MR) is 61.6 cm³/mol. The van der Waals surface area contributed by atoms with Gasteiger partial charge < -0.3 is 9.64 Å². The maximum Gasteiger partial charge on any atom is 0.409 e. The molecule has 0 radical (unpaired) electrons. The molecule has 1 aliphatic rings. The number of nitrogens with zero attached hydrogens (tertiary/aromatic N) is 1. The van der Waals surface area contributed by atoms with E-state index in [-0.39, 0.29) is 31.4 Å². The largest absolute Gasteiger partial charge is 0.466 e. The summed E-state index contributed by atoms with van der Waals surface area (Å²) >= 11 is 5.56. The van der Waals surface area contributed by atoms with E-state index >= 15 is 0 Å². The summed E-state index contributed by atoms with van der Waals surface area (Å²) in [7, 11) is 0. The first-order valence-electron chi connectivity index (χ1n) is 5.87. The number of amides is 1. The zero-order chi connectivity index (χ0) is 14.6. The minimum absolute atomic E-state index is 0.00165. The topological polar surface area (TPSA) is 46.6 Å². The van der Waals surface area contributed by atoms with Crippen molar-refractivity contribution in [3.05, 3.63) is 0 Å². The van der Waals surface area contributed by atoms with Crippen LogP contribution in [0.2, 0.25) is 0 Å². The monoisotopic (exact) mass is 301 g/mol. The van der Waals surface area contributed by atoms with Gasteiger partial charge in [0.25, 0.3) is 0 Å². The minimum Gasteiger partial charge on any atom is -0.466 e. The molecule has 2 atom stereocenters. The zero-order valence-corrected chi connectivity index (χ0v) is 11.1. The van der Waals surface area contributed by atoms with Crippen LogP contribution in [0.15, 0.2) is 0 Å². The first-order valence-corrected chi connectivity index (χ1v) is 6.40. The second-order valence-electron chi connectivity index (χ2n) is 4.34. The number of rotatable bonds is 5. The smallest absolute Gasteiger partial charge is 0.409 e. The highest BCUT2D eigenvalue weighted by Crippen LogP contribution is 2.32. The fraction of sp³-hybridized carbons (Fsp3) is 0.818. The van der Waals surface area contributed by atoms with Crippen molar-refractivity contribution in [2.24, 2.45) is 5.92 Å². The van der Waals surface area contributed by atoms with Crippen LogP contribution in [0.25, 0.3) is 0 Å². The third-order valence-corrected chi connectivity index (χ3v) is 3.31. The fourth-order valence-corrected chi connectivity index (χ4v) is 2.20. The Kier molecular flexibility index (Phi) is 5.46. The van der Waals surface area contributed by atoms with Crippen LogP contribution in [0.1, 0.15) is 19.8 Å². The van der Waals surface area contributed by atoms with Crippen LogP contribution in [-0.4, -0.2) is 48.0 Å². The lowest BCUT2D eigenvalue weighted by Crippen LogP contribution is -2.48. The molecule has 0 N–H and O–H groups in total. The Balaban J connectivity index is 2.80. The molecular formula is C11H15ClF3NO3. The van der Waals surface area contributed by atoms with E-state index in [9.17, 15) is 22.8 Å². The van der Waals surface area contributed by atoms with Crippen molar-refractivity contribution < 1.29 is 27.5 Å². The molecular weight excluding hydrogens is 287 g/mol. The molecule has 1 amide bonds. The Morgan fingerprint density at radius 3 is 2.63 bits per heavy atom. The predicted octanol–water partition coefficient (Wildman–Crippen LogP) is 1.96. The van der Waals surface area contributed by atoms with E-state index in [1.807, 2.05) is 0 Å². The standard InChI is InChI=1S/C11H15ClF3NO3/c1-2-19-10(18)4-8(11(13,14)15)16-6-7(5-12)3-9(16)17/h7-8H,2-6H2,1H3. The van der Waals surface area contributed by atoms with Crippen LogP contribution in [0.5, 0.6) is 0 Å². The summed E-state index contributed by atoms with van der Waals surface area (Å²) in [6.45, 7) is 1.43. The molecule has 2 unspecified atom stereocenters. The SMILES string of the molecule is CCOC(=O)CC(N1CC(CCl)CC1=O)C(F)(F)F. The maximum absolute atomic E-state index is 12.9. The van der Waals surface area contributed by atoms with Gasteiger partial charge in [-0.1, -0.05) is 0 Å². The van der Waals surface area contributed by atoms with Gasteiger partial charge in [0.15, 0.2) is 0 Å². The summed E-state index contributed by atoms with van der Waals surface area (Å²) in [6.07, 6.45) is -5.55.